The summed E-state index contributed by atoms with van der Waals surface area (Å²) >= 11 is 0. The topological polar surface area (TPSA) is 61.8 Å². The number of alkyl halides is 3. The molecule has 0 unspecified atom stereocenters. The number of allylic oxidation sites excluding steroid dienone is 2. The summed E-state index contributed by atoms with van der Waals surface area (Å²) in [5.74, 6) is 0.233. The number of fused-ring (bicyclic) bond motifs is 3. The van der Waals surface area contributed by atoms with Crippen LogP contribution in [0.4, 0.5) is 13.2 Å². The monoisotopic (exact) mass is 464 g/mol. The van der Waals surface area contributed by atoms with Crippen molar-refractivity contribution in [1.29, 1.82) is 0 Å². The van der Waals surface area contributed by atoms with Crippen LogP contribution >= 0.6 is 0 Å². The van der Waals surface area contributed by atoms with Gasteiger partial charge in [0, 0.05) is 29.5 Å². The molecule has 0 fully saturated rings. The summed E-state index contributed by atoms with van der Waals surface area (Å²) in [5.41, 5.74) is -4.17. The van der Waals surface area contributed by atoms with Gasteiger partial charge < -0.3 is 13.3 Å². The third-order valence-electron chi connectivity index (χ3n) is 5.33. The van der Waals surface area contributed by atoms with Crippen LogP contribution in [0.3, 0.4) is 0 Å². The molecular weight excluding hydrogens is 437 g/mol. The van der Waals surface area contributed by atoms with Crippen LogP contribution in [0.15, 0.2) is 23.8 Å². The Bertz CT molecular complexity index is 977. The molecule has 1 heterocycles. The van der Waals surface area contributed by atoms with E-state index in [0.29, 0.717) is 5.75 Å². The van der Waals surface area contributed by atoms with E-state index in [4.69, 9.17) is 9.16 Å². The molecule has 1 aliphatic carbocycles. The highest BCUT2D eigenvalue weighted by Gasteiger charge is 2.50. The lowest BCUT2D eigenvalue weighted by atomic mass is 9.68. The normalized spacial score (nSPS) is 23.6. The predicted molar refractivity (Wildman–Crippen MR) is 110 cm³/mol. The van der Waals surface area contributed by atoms with Crippen molar-refractivity contribution in [2.24, 2.45) is 5.92 Å². The van der Waals surface area contributed by atoms with Crippen molar-refractivity contribution in [2.75, 3.05) is 0 Å². The van der Waals surface area contributed by atoms with Gasteiger partial charge in [-0.2, -0.15) is 21.6 Å². The minimum Gasteiger partial charge on any atom is -0.544 e. The van der Waals surface area contributed by atoms with Crippen molar-refractivity contribution in [1.82, 2.24) is 0 Å². The zero-order valence-corrected chi connectivity index (χ0v) is 19.7. The molecule has 0 N–H and O–H groups in total. The standard InChI is InChI=1S/C20H27F3O5SSi/c1-12-7-8-15-14(9-12)18-16(26-19(15,2)3)10-13(11-17(18)28-30(4,5)6)27-29(24,25)20(21,22)23/h9-11,14-15H,7-8H2,1-6H3/t14-,15-/m1/s1. The van der Waals surface area contributed by atoms with Crippen molar-refractivity contribution < 1.29 is 34.9 Å². The third kappa shape index (κ3) is 4.49. The van der Waals surface area contributed by atoms with Crippen LogP contribution in [0.5, 0.6) is 17.2 Å². The lowest BCUT2D eigenvalue weighted by Crippen LogP contribution is -2.45. The van der Waals surface area contributed by atoms with Crippen LogP contribution < -0.4 is 13.3 Å². The van der Waals surface area contributed by atoms with Gasteiger partial charge in [0.2, 0.25) is 8.32 Å². The van der Waals surface area contributed by atoms with Gasteiger partial charge >= 0.3 is 15.6 Å². The first-order chi connectivity index (χ1) is 13.5. The van der Waals surface area contributed by atoms with Crippen LogP contribution in [0, 0.1) is 5.92 Å². The van der Waals surface area contributed by atoms with Gasteiger partial charge in [-0.05, 0) is 53.3 Å². The Kier molecular flexibility index (Phi) is 5.51. The maximum Gasteiger partial charge on any atom is 0.534 e. The van der Waals surface area contributed by atoms with Gasteiger partial charge in [0.25, 0.3) is 0 Å². The second kappa shape index (κ2) is 7.18. The summed E-state index contributed by atoms with van der Waals surface area (Å²) in [6.45, 7) is 11.7. The minimum absolute atomic E-state index is 0.0443. The number of hydrogen-bond donors (Lipinski definition) is 0. The molecule has 0 saturated heterocycles. The molecule has 168 valence electrons. The van der Waals surface area contributed by atoms with E-state index in [1.807, 2.05) is 40.4 Å². The third-order valence-corrected chi connectivity index (χ3v) is 7.14. The molecule has 1 aromatic carbocycles. The predicted octanol–water partition coefficient (Wildman–Crippen LogP) is 5.74. The summed E-state index contributed by atoms with van der Waals surface area (Å²) in [7, 11) is -8.00. The van der Waals surface area contributed by atoms with E-state index < -0.39 is 35.3 Å². The van der Waals surface area contributed by atoms with Gasteiger partial charge in [0.1, 0.15) is 22.8 Å². The first-order valence-corrected chi connectivity index (χ1v) is 14.6. The largest absolute Gasteiger partial charge is 0.544 e. The number of ether oxygens (including phenoxy) is 1. The van der Waals surface area contributed by atoms with Gasteiger partial charge in [-0.1, -0.05) is 11.6 Å². The summed E-state index contributed by atoms with van der Waals surface area (Å²) in [4.78, 5) is 0. The van der Waals surface area contributed by atoms with Crippen molar-refractivity contribution in [3.8, 4) is 17.2 Å². The van der Waals surface area contributed by atoms with E-state index >= 15 is 0 Å². The van der Waals surface area contributed by atoms with Crippen LogP contribution in [0.25, 0.3) is 0 Å². The first kappa shape index (κ1) is 23.0. The van der Waals surface area contributed by atoms with E-state index in [-0.39, 0.29) is 17.6 Å². The second-order valence-corrected chi connectivity index (χ2v) is 15.4. The Morgan fingerprint density at radius 2 is 1.83 bits per heavy atom. The van der Waals surface area contributed by atoms with Gasteiger partial charge in [-0.25, -0.2) is 0 Å². The second-order valence-electron chi connectivity index (χ2n) is 9.42. The van der Waals surface area contributed by atoms with Crippen molar-refractivity contribution in [3.63, 3.8) is 0 Å². The molecule has 0 spiro atoms. The molecule has 0 saturated carbocycles. The average molecular weight is 465 g/mol. The molecule has 3 rings (SSSR count). The molecule has 0 radical (unpaired) electrons. The fraction of sp³-hybridized carbons (Fsp3) is 0.600. The zero-order chi connectivity index (χ0) is 22.7. The molecule has 0 bridgehead atoms. The smallest absolute Gasteiger partial charge is 0.534 e. The Hall–Kier alpha value is -1.68. The van der Waals surface area contributed by atoms with Crippen LogP contribution in [0.2, 0.25) is 19.6 Å². The van der Waals surface area contributed by atoms with E-state index in [1.165, 1.54) is 17.7 Å². The summed E-state index contributed by atoms with van der Waals surface area (Å²) < 4.78 is 78.4. The lowest BCUT2D eigenvalue weighted by molar-refractivity contribution is -0.0500. The maximum absolute atomic E-state index is 12.8. The van der Waals surface area contributed by atoms with Crippen molar-refractivity contribution in [3.05, 3.63) is 29.3 Å². The summed E-state index contributed by atoms with van der Waals surface area (Å²) in [6, 6.07) is 2.45. The van der Waals surface area contributed by atoms with Crippen molar-refractivity contribution >= 4 is 18.4 Å². The van der Waals surface area contributed by atoms with Crippen molar-refractivity contribution in [2.45, 2.75) is 70.3 Å². The average Bonchev–Trinajstić information content (AvgIpc) is 2.50. The number of rotatable bonds is 4. The zero-order valence-electron chi connectivity index (χ0n) is 17.9. The molecule has 10 heteroatoms. The Labute approximate surface area is 176 Å². The molecule has 0 amide bonds. The summed E-state index contributed by atoms with van der Waals surface area (Å²) in [5, 5.41) is 0. The number of halogens is 3. The highest BCUT2D eigenvalue weighted by Crippen LogP contribution is 2.54. The number of hydrogen-bond acceptors (Lipinski definition) is 5. The Morgan fingerprint density at radius 1 is 1.20 bits per heavy atom. The molecule has 1 aromatic rings. The van der Waals surface area contributed by atoms with Gasteiger partial charge in [-0.15, -0.1) is 0 Å². The summed E-state index contributed by atoms with van der Waals surface area (Å²) in [6.07, 6.45) is 4.01. The molecular formula is C20H27F3O5SSi. The lowest BCUT2D eigenvalue weighted by Gasteiger charge is -2.47. The van der Waals surface area contributed by atoms with E-state index in [9.17, 15) is 21.6 Å². The maximum atomic E-state index is 12.8. The quantitative estimate of drug-likeness (QED) is 0.246. The Morgan fingerprint density at radius 3 is 2.40 bits per heavy atom. The fourth-order valence-electron chi connectivity index (χ4n) is 4.12. The van der Waals surface area contributed by atoms with E-state index in [0.717, 1.165) is 18.4 Å². The molecule has 2 atom stereocenters. The first-order valence-electron chi connectivity index (χ1n) is 9.74. The van der Waals surface area contributed by atoms with Gasteiger partial charge in [0.15, 0.2) is 0 Å². The molecule has 2 aliphatic rings. The van der Waals surface area contributed by atoms with Crippen LogP contribution in [-0.4, -0.2) is 27.8 Å². The fourth-order valence-corrected chi connectivity index (χ4v) is 5.39. The van der Waals surface area contributed by atoms with Gasteiger partial charge in [0.05, 0.1) is 0 Å². The molecule has 0 aromatic heterocycles. The molecule has 30 heavy (non-hydrogen) atoms. The SMILES string of the molecule is CC1=C[C@H]2c3c(cc(OS(=O)(=O)C(F)(F)F)cc3O[Si](C)(C)C)OC(C)(C)[C@@H]2CC1. The minimum atomic E-state index is -5.81. The number of benzene rings is 1. The van der Waals surface area contributed by atoms with Crippen LogP contribution in [0.1, 0.15) is 45.1 Å². The molecule has 5 nitrogen and oxygen atoms in total. The highest BCUT2D eigenvalue weighted by molar-refractivity contribution is 7.88. The van der Waals surface area contributed by atoms with E-state index in [2.05, 4.69) is 10.3 Å². The Balaban J connectivity index is 2.19. The highest BCUT2D eigenvalue weighted by atomic mass is 32.2. The van der Waals surface area contributed by atoms with Gasteiger partial charge in [-0.3, -0.25) is 0 Å². The van der Waals surface area contributed by atoms with Crippen LogP contribution in [-0.2, 0) is 10.1 Å². The van der Waals surface area contributed by atoms with E-state index in [1.54, 1.807) is 0 Å². The molecule has 1 aliphatic heterocycles.